The van der Waals surface area contributed by atoms with Gasteiger partial charge in [-0.3, -0.25) is 9.36 Å². The van der Waals surface area contributed by atoms with Crippen molar-refractivity contribution >= 4 is 13.8 Å². The van der Waals surface area contributed by atoms with Crippen molar-refractivity contribution in [1.82, 2.24) is 0 Å². The van der Waals surface area contributed by atoms with E-state index in [-0.39, 0.29) is 55.0 Å². The van der Waals surface area contributed by atoms with Gasteiger partial charge in [-0.15, -0.1) is 0 Å². The first kappa shape index (κ1) is 32.3. The smallest absolute Gasteiger partial charge is 0.756 e. The summed E-state index contributed by atoms with van der Waals surface area (Å²) in [7, 11) is -4.87. The largest absolute Gasteiger partial charge is 1.00 e. The zero-order valence-electron chi connectivity index (χ0n) is 20.2. The molecule has 1 unspecified atom stereocenters. The summed E-state index contributed by atoms with van der Waals surface area (Å²) < 4.78 is 26.1. The Morgan fingerprint density at radius 2 is 1.56 bits per heavy atom. The summed E-state index contributed by atoms with van der Waals surface area (Å²) >= 11 is 0. The Balaban J connectivity index is 0.00000961. The maximum Gasteiger partial charge on any atom is 1.00 e. The van der Waals surface area contributed by atoms with Gasteiger partial charge < -0.3 is 23.8 Å². The molecule has 1 aliphatic rings. The number of hydrogen-bond acceptors (Lipinski definition) is 6. The van der Waals surface area contributed by atoms with Crippen LogP contribution >= 0.6 is 7.82 Å². The third kappa shape index (κ3) is 18.7. The van der Waals surface area contributed by atoms with Crippen LogP contribution in [0.1, 0.15) is 103 Å². The van der Waals surface area contributed by atoms with E-state index in [1.807, 2.05) is 0 Å². The van der Waals surface area contributed by atoms with Gasteiger partial charge in [-0.1, -0.05) is 70.4 Å². The van der Waals surface area contributed by atoms with Gasteiger partial charge in [-0.2, -0.15) is 0 Å². The molecule has 0 bridgehead atoms. The van der Waals surface area contributed by atoms with Gasteiger partial charge in [-0.25, -0.2) is 0 Å². The second-order valence-electron chi connectivity index (χ2n) is 8.34. The molecule has 0 spiro atoms. The number of hydrogen-bond donors (Lipinski definition) is 1. The molecule has 1 saturated heterocycles. The fourth-order valence-corrected chi connectivity index (χ4v) is 4.24. The molecule has 9 heteroatoms. The summed E-state index contributed by atoms with van der Waals surface area (Å²) in [4.78, 5) is 31.8. The standard InChI is InChI=1S/C23H43O7P.Na/c1-2-3-4-5-6-7-8-9-10-11-12-13-14-15-16-17-23(24)29-22-20-28-19-18-21(22)30-31(25,26)27;/h9-10,21-22H,2-8,11-20H2,1H3,(H2,25,26,27);/q;+1/p-1/b10-9+;/t21-,22-;/m1./s1. The van der Waals surface area contributed by atoms with Gasteiger partial charge in [0.05, 0.1) is 6.61 Å². The summed E-state index contributed by atoms with van der Waals surface area (Å²) in [6, 6.07) is 0. The molecule has 32 heavy (non-hydrogen) atoms. The molecule has 182 valence electrons. The van der Waals surface area contributed by atoms with E-state index in [9.17, 15) is 14.3 Å². The summed E-state index contributed by atoms with van der Waals surface area (Å²) in [5, 5.41) is 0. The molecule has 0 saturated carbocycles. The van der Waals surface area contributed by atoms with Crippen molar-refractivity contribution in [1.29, 1.82) is 0 Å². The van der Waals surface area contributed by atoms with Crippen LogP contribution in [0.4, 0.5) is 0 Å². The maximum atomic E-state index is 12.0. The zero-order chi connectivity index (χ0) is 22.8. The van der Waals surface area contributed by atoms with E-state index in [1.165, 1.54) is 51.4 Å². The molecule has 7 nitrogen and oxygen atoms in total. The van der Waals surface area contributed by atoms with Crippen LogP contribution in [0.3, 0.4) is 0 Å². The molecule has 1 heterocycles. The minimum atomic E-state index is -4.87. The number of ether oxygens (including phenoxy) is 2. The number of allylic oxidation sites excluding steroid dienone is 2. The Hall–Kier alpha value is 0.280. The third-order valence-corrected chi connectivity index (χ3v) is 5.97. The Morgan fingerprint density at radius 1 is 1.00 bits per heavy atom. The average molecular weight is 485 g/mol. The summed E-state index contributed by atoms with van der Waals surface area (Å²) in [6.45, 7) is 2.61. The van der Waals surface area contributed by atoms with Crippen LogP contribution < -0.4 is 34.5 Å². The minimum Gasteiger partial charge on any atom is -0.756 e. The van der Waals surface area contributed by atoms with E-state index < -0.39 is 20.0 Å². The van der Waals surface area contributed by atoms with E-state index in [1.54, 1.807) is 0 Å². The number of rotatable bonds is 18. The van der Waals surface area contributed by atoms with Crippen LogP contribution in [-0.2, 0) is 23.4 Å². The molecule has 0 radical (unpaired) electrons. The molecular formula is C23H42NaO7P. The topological polar surface area (TPSA) is 105 Å². The molecule has 1 N–H and O–H groups in total. The van der Waals surface area contributed by atoms with E-state index in [2.05, 4.69) is 23.6 Å². The Bertz CT molecular complexity index is 538. The van der Waals surface area contributed by atoms with Gasteiger partial charge in [-0.05, 0) is 32.1 Å². The number of esters is 1. The molecule has 1 rings (SSSR count). The van der Waals surface area contributed by atoms with Crippen LogP contribution in [0.2, 0.25) is 0 Å². The second kappa shape index (κ2) is 20.6. The molecule has 3 atom stereocenters. The SMILES string of the molecule is CCCCCCCC/C=C/CCCCCCCC(=O)O[C@@H]1COCC[C@H]1OP(=O)([O-])O.[Na+]. The van der Waals surface area contributed by atoms with E-state index in [0.717, 1.165) is 32.1 Å². The molecule has 0 aromatic rings. The predicted octanol–water partition coefficient (Wildman–Crippen LogP) is 2.21. The van der Waals surface area contributed by atoms with Crippen molar-refractivity contribution in [3.63, 3.8) is 0 Å². The number of phosphoric ester groups is 1. The Morgan fingerprint density at radius 3 is 2.16 bits per heavy atom. The molecule has 0 aromatic carbocycles. The molecule has 1 fully saturated rings. The van der Waals surface area contributed by atoms with Crippen molar-refractivity contribution in [2.45, 2.75) is 115 Å². The summed E-state index contributed by atoms with van der Waals surface area (Å²) in [5.41, 5.74) is 0. The van der Waals surface area contributed by atoms with Gasteiger partial charge in [0.15, 0.2) is 6.10 Å². The second-order valence-corrected chi connectivity index (χ2v) is 9.49. The van der Waals surface area contributed by atoms with Gasteiger partial charge >= 0.3 is 35.5 Å². The van der Waals surface area contributed by atoms with Crippen LogP contribution in [0.25, 0.3) is 0 Å². The number of unbranched alkanes of at least 4 members (excludes halogenated alkanes) is 11. The summed E-state index contributed by atoms with van der Waals surface area (Å²) in [6.07, 6.45) is 18.9. The van der Waals surface area contributed by atoms with Gasteiger partial charge in [0.1, 0.15) is 6.10 Å². The molecular weight excluding hydrogens is 442 g/mol. The fraction of sp³-hybridized carbons (Fsp3) is 0.870. The Labute approximate surface area is 216 Å². The quantitative estimate of drug-likeness (QED) is 0.105. The van der Waals surface area contributed by atoms with E-state index in [0.29, 0.717) is 6.61 Å². The van der Waals surface area contributed by atoms with Crippen molar-refractivity contribution < 1.29 is 62.7 Å². The first-order chi connectivity index (χ1) is 14.9. The molecule has 0 aromatic heterocycles. The Kier molecular flexibility index (Phi) is 20.8. The van der Waals surface area contributed by atoms with Crippen molar-refractivity contribution in [3.05, 3.63) is 12.2 Å². The molecule has 0 amide bonds. The normalized spacial score (nSPS) is 20.6. The molecule has 1 aliphatic heterocycles. The number of carbonyl (C=O) groups is 1. The van der Waals surface area contributed by atoms with Crippen LogP contribution in [0.15, 0.2) is 12.2 Å². The predicted molar refractivity (Wildman–Crippen MR) is 119 cm³/mol. The zero-order valence-corrected chi connectivity index (χ0v) is 23.1. The minimum absolute atomic E-state index is 0. The van der Waals surface area contributed by atoms with Gasteiger partial charge in [0.25, 0.3) is 7.82 Å². The maximum absolute atomic E-state index is 12.0. The van der Waals surface area contributed by atoms with Crippen molar-refractivity contribution in [2.75, 3.05) is 13.2 Å². The first-order valence-corrected chi connectivity index (χ1v) is 13.6. The fourth-order valence-electron chi connectivity index (χ4n) is 3.66. The average Bonchev–Trinajstić information content (AvgIpc) is 2.71. The van der Waals surface area contributed by atoms with Crippen molar-refractivity contribution in [3.8, 4) is 0 Å². The summed E-state index contributed by atoms with van der Waals surface area (Å²) in [5.74, 6) is -0.389. The van der Waals surface area contributed by atoms with Crippen LogP contribution in [-0.4, -0.2) is 36.3 Å². The molecule has 0 aliphatic carbocycles. The first-order valence-electron chi connectivity index (χ1n) is 12.1. The van der Waals surface area contributed by atoms with Crippen LogP contribution in [0, 0.1) is 0 Å². The number of phosphoric acid groups is 1. The third-order valence-electron chi connectivity index (χ3n) is 5.44. The van der Waals surface area contributed by atoms with E-state index >= 15 is 0 Å². The van der Waals surface area contributed by atoms with E-state index in [4.69, 9.17) is 14.4 Å². The number of carbonyl (C=O) groups excluding carboxylic acids is 1. The van der Waals surface area contributed by atoms with Crippen molar-refractivity contribution in [2.24, 2.45) is 0 Å². The van der Waals surface area contributed by atoms with Gasteiger partial charge in [0.2, 0.25) is 0 Å². The van der Waals surface area contributed by atoms with Gasteiger partial charge in [0, 0.05) is 19.4 Å². The van der Waals surface area contributed by atoms with Crippen LogP contribution in [0.5, 0.6) is 0 Å². The monoisotopic (exact) mass is 484 g/mol.